The molecule has 1 atom stereocenters. The fourth-order valence-electron chi connectivity index (χ4n) is 1.97. The van der Waals surface area contributed by atoms with Gasteiger partial charge in [0.25, 0.3) is 0 Å². The lowest BCUT2D eigenvalue weighted by Gasteiger charge is -2.35. The first kappa shape index (κ1) is 14.3. The summed E-state index contributed by atoms with van der Waals surface area (Å²) in [5, 5.41) is 4.68. The summed E-state index contributed by atoms with van der Waals surface area (Å²) >= 11 is 3.45. The minimum atomic E-state index is -0.136. The molecule has 0 fully saturated rings. The Morgan fingerprint density at radius 1 is 1.42 bits per heavy atom. The number of benzene rings is 1. The molecular weight excluding hydrogens is 302 g/mol. The van der Waals surface area contributed by atoms with E-state index in [1.54, 1.807) is 0 Å². The molecule has 1 aromatic carbocycles. The Hall–Kier alpha value is -1.13. The van der Waals surface area contributed by atoms with Gasteiger partial charge in [-0.15, -0.1) is 0 Å². The van der Waals surface area contributed by atoms with E-state index in [9.17, 15) is 0 Å². The maximum Gasteiger partial charge on any atom is 0.0934 e. The maximum atomic E-state index is 5.93. The molecule has 0 radical (unpaired) electrons. The van der Waals surface area contributed by atoms with Crippen molar-refractivity contribution in [3.63, 3.8) is 0 Å². The zero-order valence-electron chi connectivity index (χ0n) is 11.6. The van der Waals surface area contributed by atoms with Crippen LogP contribution in [0.15, 0.2) is 34.9 Å². The smallest absolute Gasteiger partial charge is 0.0934 e. The van der Waals surface area contributed by atoms with Crippen molar-refractivity contribution in [2.45, 2.75) is 26.3 Å². The normalized spacial score (nSPS) is 14.6. The highest BCUT2D eigenvalue weighted by atomic mass is 79.9. The number of fused-ring (bicyclic) bond motifs is 1. The van der Waals surface area contributed by atoms with Crippen LogP contribution >= 0.6 is 15.9 Å². The first-order valence-corrected chi connectivity index (χ1v) is 7.28. The first-order valence-electron chi connectivity index (χ1n) is 6.49. The molecule has 0 aliphatic rings. The molecule has 3 N–H and O–H groups in total. The molecule has 0 aliphatic heterocycles. The molecule has 2 rings (SSSR count). The molecule has 1 heterocycles. The van der Waals surface area contributed by atoms with E-state index < -0.39 is 0 Å². The highest BCUT2D eigenvalue weighted by Crippen LogP contribution is 2.28. The minimum Gasteiger partial charge on any atom is -0.377 e. The Morgan fingerprint density at radius 3 is 2.79 bits per heavy atom. The number of aromatic nitrogens is 1. The summed E-state index contributed by atoms with van der Waals surface area (Å²) in [6, 6.07) is 8.23. The molecule has 19 heavy (non-hydrogen) atoms. The second-order valence-corrected chi connectivity index (χ2v) is 6.35. The molecule has 1 unspecified atom stereocenters. The zero-order chi connectivity index (χ0) is 14.0. The highest BCUT2D eigenvalue weighted by molar-refractivity contribution is 9.10. The van der Waals surface area contributed by atoms with Crippen LogP contribution in [-0.2, 0) is 0 Å². The molecule has 0 saturated heterocycles. The van der Waals surface area contributed by atoms with E-state index in [4.69, 9.17) is 5.73 Å². The molecular formula is C15H20BrN3. The largest absolute Gasteiger partial charge is 0.377 e. The van der Waals surface area contributed by atoms with E-state index in [1.807, 2.05) is 12.3 Å². The number of nitrogens with zero attached hydrogens (tertiary/aromatic N) is 1. The third-order valence-corrected chi connectivity index (χ3v) is 4.23. The van der Waals surface area contributed by atoms with Crippen LogP contribution < -0.4 is 11.1 Å². The third-order valence-electron chi connectivity index (χ3n) is 3.80. The van der Waals surface area contributed by atoms with Gasteiger partial charge in [-0.05, 0) is 40.9 Å². The van der Waals surface area contributed by atoms with Crippen LogP contribution in [0, 0.1) is 5.92 Å². The number of anilines is 1. The fraction of sp³-hybridized carbons (Fsp3) is 0.400. The number of nitrogens with two attached hydrogens (primary N) is 1. The van der Waals surface area contributed by atoms with Crippen LogP contribution in [0.25, 0.3) is 10.9 Å². The van der Waals surface area contributed by atoms with Gasteiger partial charge in [-0.2, -0.15) is 0 Å². The quantitative estimate of drug-likeness (QED) is 0.900. The van der Waals surface area contributed by atoms with Gasteiger partial charge < -0.3 is 11.1 Å². The third kappa shape index (κ3) is 2.90. The monoisotopic (exact) mass is 321 g/mol. The summed E-state index contributed by atoms with van der Waals surface area (Å²) in [5.74, 6) is 0.434. The van der Waals surface area contributed by atoms with Crippen molar-refractivity contribution in [3.05, 3.63) is 34.9 Å². The van der Waals surface area contributed by atoms with E-state index in [2.05, 4.69) is 65.2 Å². The van der Waals surface area contributed by atoms with Crippen LogP contribution in [0.2, 0.25) is 0 Å². The lowest BCUT2D eigenvalue weighted by Crippen LogP contribution is -2.47. The number of rotatable bonds is 4. The second kappa shape index (κ2) is 5.47. The minimum absolute atomic E-state index is 0.136. The van der Waals surface area contributed by atoms with Crippen LogP contribution in [0.3, 0.4) is 0 Å². The Labute approximate surface area is 122 Å². The molecule has 0 amide bonds. The molecule has 0 saturated carbocycles. The van der Waals surface area contributed by atoms with Gasteiger partial charge in [0.2, 0.25) is 0 Å². The van der Waals surface area contributed by atoms with E-state index in [0.29, 0.717) is 12.5 Å². The Morgan fingerprint density at radius 2 is 2.16 bits per heavy atom. The Bertz CT molecular complexity index is 583. The second-order valence-electron chi connectivity index (χ2n) is 5.43. The van der Waals surface area contributed by atoms with Gasteiger partial charge >= 0.3 is 0 Å². The van der Waals surface area contributed by atoms with Gasteiger partial charge in [-0.3, -0.25) is 4.98 Å². The van der Waals surface area contributed by atoms with Crippen molar-refractivity contribution >= 4 is 32.5 Å². The maximum absolute atomic E-state index is 5.93. The molecule has 0 aliphatic carbocycles. The van der Waals surface area contributed by atoms with Crippen molar-refractivity contribution in [3.8, 4) is 0 Å². The predicted octanol–water partition coefficient (Wildman–Crippen LogP) is 3.78. The summed E-state index contributed by atoms with van der Waals surface area (Å²) < 4.78 is 0.989. The summed E-state index contributed by atoms with van der Waals surface area (Å²) in [7, 11) is 0. The summed E-state index contributed by atoms with van der Waals surface area (Å²) in [4.78, 5) is 4.51. The van der Waals surface area contributed by atoms with Crippen LogP contribution in [0.1, 0.15) is 20.8 Å². The van der Waals surface area contributed by atoms with Crippen molar-refractivity contribution in [2.24, 2.45) is 11.7 Å². The fourth-order valence-corrected chi connectivity index (χ4v) is 2.32. The van der Waals surface area contributed by atoms with E-state index in [1.165, 1.54) is 0 Å². The molecule has 3 nitrogen and oxygen atoms in total. The first-order chi connectivity index (χ1) is 8.96. The highest BCUT2D eigenvalue weighted by Gasteiger charge is 2.27. The van der Waals surface area contributed by atoms with E-state index >= 15 is 0 Å². The van der Waals surface area contributed by atoms with Gasteiger partial charge in [0.05, 0.1) is 11.2 Å². The van der Waals surface area contributed by atoms with Crippen molar-refractivity contribution < 1.29 is 0 Å². The van der Waals surface area contributed by atoms with Crippen molar-refractivity contribution in [1.82, 2.24) is 4.98 Å². The Kier molecular flexibility index (Phi) is 4.11. The van der Waals surface area contributed by atoms with Gasteiger partial charge in [0, 0.05) is 28.1 Å². The van der Waals surface area contributed by atoms with E-state index in [0.717, 1.165) is 21.1 Å². The lowest BCUT2D eigenvalue weighted by atomic mass is 9.88. The standard InChI is InChI=1S/C15H20BrN3/c1-10(2)15(3,9-17)19-13-6-4-5-11-7-12(16)8-18-14(11)13/h4-8,10,19H,9,17H2,1-3H3. The van der Waals surface area contributed by atoms with Crippen molar-refractivity contribution in [2.75, 3.05) is 11.9 Å². The van der Waals surface area contributed by atoms with Gasteiger partial charge in [0.1, 0.15) is 0 Å². The van der Waals surface area contributed by atoms with Crippen LogP contribution in [-0.4, -0.2) is 17.1 Å². The van der Waals surface area contributed by atoms with Crippen LogP contribution in [0.5, 0.6) is 0 Å². The molecule has 102 valence electrons. The number of halogens is 1. The van der Waals surface area contributed by atoms with E-state index in [-0.39, 0.29) is 5.54 Å². The van der Waals surface area contributed by atoms with Crippen molar-refractivity contribution in [1.29, 1.82) is 0 Å². The average Bonchev–Trinajstić information content (AvgIpc) is 2.38. The molecule has 0 bridgehead atoms. The number of hydrogen-bond donors (Lipinski definition) is 2. The lowest BCUT2D eigenvalue weighted by molar-refractivity contribution is 0.383. The predicted molar refractivity (Wildman–Crippen MR) is 85.4 cm³/mol. The van der Waals surface area contributed by atoms with Gasteiger partial charge in [-0.25, -0.2) is 0 Å². The molecule has 2 aromatic rings. The number of nitrogens with one attached hydrogen (secondary N) is 1. The van der Waals surface area contributed by atoms with Gasteiger partial charge in [0.15, 0.2) is 0 Å². The SMILES string of the molecule is CC(C)C(C)(CN)Nc1cccc2cc(Br)cnc12. The Balaban J connectivity index is 2.46. The average molecular weight is 322 g/mol. The van der Waals surface area contributed by atoms with Crippen LogP contribution in [0.4, 0.5) is 5.69 Å². The number of para-hydroxylation sites is 1. The molecule has 0 spiro atoms. The zero-order valence-corrected chi connectivity index (χ0v) is 13.2. The van der Waals surface area contributed by atoms with Gasteiger partial charge in [-0.1, -0.05) is 26.0 Å². The summed E-state index contributed by atoms with van der Waals surface area (Å²) in [6.45, 7) is 7.08. The topological polar surface area (TPSA) is 50.9 Å². The summed E-state index contributed by atoms with van der Waals surface area (Å²) in [5.41, 5.74) is 7.81. The molecule has 1 aromatic heterocycles. The summed E-state index contributed by atoms with van der Waals surface area (Å²) in [6.07, 6.45) is 1.82. The molecule has 4 heteroatoms. The number of pyridine rings is 1. The number of hydrogen-bond acceptors (Lipinski definition) is 3.